The average Bonchev–Trinajstić information content (AvgIpc) is 3.37. The predicted octanol–water partition coefficient (Wildman–Crippen LogP) is 5.18. The highest BCUT2D eigenvalue weighted by molar-refractivity contribution is 6.30. The Labute approximate surface area is 203 Å². The number of aromatic nitrogens is 2. The van der Waals surface area contributed by atoms with E-state index in [1.165, 1.54) is 27.8 Å². The molecule has 1 fully saturated rings. The van der Waals surface area contributed by atoms with E-state index >= 15 is 0 Å². The smallest absolute Gasteiger partial charge is 0.465 e. The maximum Gasteiger partial charge on any atom is 0.573 e. The minimum atomic E-state index is -4.86. The number of amides is 1. The summed E-state index contributed by atoms with van der Waals surface area (Å²) in [5, 5.41) is 14.9. The molecule has 0 saturated carbocycles. The fraction of sp³-hybridized carbons (Fsp3) is 0.333. The zero-order chi connectivity index (χ0) is 24.7. The summed E-state index contributed by atoms with van der Waals surface area (Å²) in [6, 6.07) is 12.5. The van der Waals surface area contributed by atoms with E-state index in [1.54, 1.807) is 30.3 Å². The Morgan fingerprint density at radius 2 is 1.89 bits per heavy atom. The number of halogens is 4. The molecule has 1 amide bonds. The van der Waals surface area contributed by atoms with E-state index in [2.05, 4.69) is 4.74 Å². The van der Waals surface area contributed by atoms with E-state index in [0.29, 0.717) is 49.0 Å². The number of nitrogens with zero attached hydrogens (tertiary/aromatic N) is 3. The van der Waals surface area contributed by atoms with Crippen molar-refractivity contribution in [2.45, 2.75) is 25.2 Å². The molecule has 1 saturated heterocycles. The summed E-state index contributed by atoms with van der Waals surface area (Å²) in [5.74, 6) is -0.433. The normalized spacial score (nSPS) is 20.1. The van der Waals surface area contributed by atoms with Crippen LogP contribution in [0.5, 0.6) is 5.75 Å². The lowest BCUT2D eigenvalue weighted by Gasteiger charge is -2.37. The first kappa shape index (κ1) is 23.5. The molecule has 35 heavy (non-hydrogen) atoms. The van der Waals surface area contributed by atoms with Crippen LogP contribution in [0.2, 0.25) is 5.02 Å². The highest BCUT2D eigenvalue weighted by Gasteiger charge is 2.40. The van der Waals surface area contributed by atoms with E-state index in [-0.39, 0.29) is 23.4 Å². The summed E-state index contributed by atoms with van der Waals surface area (Å²) in [4.78, 5) is 13.2. The minimum absolute atomic E-state index is 0.0636. The first-order valence-electron chi connectivity index (χ1n) is 11.0. The van der Waals surface area contributed by atoms with Gasteiger partial charge in [-0.05, 0) is 43.0 Å². The largest absolute Gasteiger partial charge is 0.573 e. The second-order valence-corrected chi connectivity index (χ2v) is 8.93. The number of para-hydroxylation sites is 2. The Hall–Kier alpha value is -3.24. The van der Waals surface area contributed by atoms with E-state index in [1.807, 2.05) is 0 Å². The Morgan fingerprint density at radius 3 is 2.60 bits per heavy atom. The molecule has 2 heterocycles. The molecule has 2 atom stereocenters. The minimum Gasteiger partial charge on any atom is -0.465 e. The number of alkyl halides is 3. The molecular weight excluding hydrogens is 487 g/mol. The van der Waals surface area contributed by atoms with Crippen molar-refractivity contribution in [3.05, 3.63) is 64.8 Å². The molecule has 11 heteroatoms. The van der Waals surface area contributed by atoms with Crippen LogP contribution in [-0.2, 0) is 17.6 Å². The molecule has 2 aliphatic rings. The van der Waals surface area contributed by atoms with Crippen LogP contribution in [0.1, 0.15) is 11.3 Å². The van der Waals surface area contributed by atoms with Gasteiger partial charge in [0.25, 0.3) is 0 Å². The molecule has 5 rings (SSSR count). The molecule has 1 aliphatic carbocycles. The van der Waals surface area contributed by atoms with Gasteiger partial charge in [0.05, 0.1) is 30.6 Å². The Balaban J connectivity index is 1.58. The molecule has 1 aromatic heterocycles. The van der Waals surface area contributed by atoms with E-state index in [4.69, 9.17) is 21.4 Å². The number of morpholine rings is 1. The molecule has 0 bridgehead atoms. The number of rotatable bonds is 4. The third-order valence-corrected chi connectivity index (χ3v) is 6.63. The van der Waals surface area contributed by atoms with Crippen molar-refractivity contribution in [1.82, 2.24) is 14.7 Å². The maximum atomic E-state index is 13.1. The monoisotopic (exact) mass is 507 g/mol. The van der Waals surface area contributed by atoms with Gasteiger partial charge < -0.3 is 19.5 Å². The number of hydrogen-bond acceptors (Lipinski definition) is 4. The highest BCUT2D eigenvalue weighted by atomic mass is 35.5. The summed E-state index contributed by atoms with van der Waals surface area (Å²) in [5.41, 5.74) is 3.05. The molecule has 0 radical (unpaired) electrons. The van der Waals surface area contributed by atoms with Gasteiger partial charge in [-0.1, -0.05) is 35.9 Å². The number of ether oxygens (including phenoxy) is 2. The topological polar surface area (TPSA) is 76.8 Å². The van der Waals surface area contributed by atoms with Crippen LogP contribution < -0.4 is 4.74 Å². The van der Waals surface area contributed by atoms with E-state index in [9.17, 15) is 23.1 Å². The van der Waals surface area contributed by atoms with Crippen molar-refractivity contribution in [2.75, 3.05) is 19.8 Å². The van der Waals surface area contributed by atoms with Crippen LogP contribution in [-0.4, -0.2) is 58.0 Å². The van der Waals surface area contributed by atoms with Gasteiger partial charge in [-0.25, -0.2) is 9.48 Å². The zero-order valence-corrected chi connectivity index (χ0v) is 19.1. The van der Waals surface area contributed by atoms with Crippen LogP contribution in [0.3, 0.4) is 0 Å². The van der Waals surface area contributed by atoms with Crippen LogP contribution in [0, 0.1) is 5.92 Å². The predicted molar refractivity (Wildman–Crippen MR) is 121 cm³/mol. The molecule has 2 unspecified atom stereocenters. The lowest BCUT2D eigenvalue weighted by atomic mass is 9.94. The molecule has 0 spiro atoms. The van der Waals surface area contributed by atoms with Crippen molar-refractivity contribution >= 4 is 17.7 Å². The van der Waals surface area contributed by atoms with Gasteiger partial charge in [-0.3, -0.25) is 0 Å². The lowest BCUT2D eigenvalue weighted by Crippen LogP contribution is -2.52. The van der Waals surface area contributed by atoms with Crippen LogP contribution in [0.15, 0.2) is 48.5 Å². The fourth-order valence-corrected chi connectivity index (χ4v) is 5.03. The van der Waals surface area contributed by atoms with Crippen molar-refractivity contribution in [3.8, 4) is 22.7 Å². The van der Waals surface area contributed by atoms with E-state index in [0.717, 1.165) is 11.1 Å². The molecular formula is C24H21ClF3N3O4. The summed E-state index contributed by atoms with van der Waals surface area (Å²) in [6.45, 7) is 0.930. The van der Waals surface area contributed by atoms with Gasteiger partial charge in [-0.2, -0.15) is 5.10 Å². The lowest BCUT2D eigenvalue weighted by molar-refractivity contribution is -0.274. The Morgan fingerprint density at radius 1 is 1.14 bits per heavy atom. The van der Waals surface area contributed by atoms with Crippen molar-refractivity contribution in [2.24, 2.45) is 5.92 Å². The number of hydrogen-bond donors (Lipinski definition) is 1. The maximum absolute atomic E-state index is 13.1. The second-order valence-electron chi connectivity index (χ2n) is 8.49. The van der Waals surface area contributed by atoms with Gasteiger partial charge in [0.2, 0.25) is 0 Å². The van der Waals surface area contributed by atoms with Gasteiger partial charge in [0, 0.05) is 22.7 Å². The molecule has 184 valence electrons. The van der Waals surface area contributed by atoms with Crippen LogP contribution >= 0.6 is 11.6 Å². The molecule has 3 aromatic rings. The number of carbonyl (C=O) groups is 1. The van der Waals surface area contributed by atoms with Crippen molar-refractivity contribution < 1.29 is 32.5 Å². The summed E-state index contributed by atoms with van der Waals surface area (Å²) in [7, 11) is 0. The van der Waals surface area contributed by atoms with E-state index < -0.39 is 12.5 Å². The van der Waals surface area contributed by atoms with Gasteiger partial charge in [-0.15, -0.1) is 13.2 Å². The highest BCUT2D eigenvalue weighted by Crippen LogP contribution is 2.41. The Bertz CT molecular complexity index is 1250. The Kier molecular flexibility index (Phi) is 6.10. The molecule has 2 aromatic carbocycles. The summed E-state index contributed by atoms with van der Waals surface area (Å²) < 4.78 is 50.6. The van der Waals surface area contributed by atoms with Gasteiger partial charge >= 0.3 is 12.5 Å². The van der Waals surface area contributed by atoms with Gasteiger partial charge in [0.1, 0.15) is 5.69 Å². The number of fused-ring (bicyclic) bond motifs is 1. The fourth-order valence-electron chi connectivity index (χ4n) is 4.90. The SMILES string of the molecule is O=C(O)N1CCOCC1C1Cc2nn(-c3ccccc3OC(F)(F)F)c(-c3ccc(Cl)cc3)c2C1. The molecule has 1 N–H and O–H groups in total. The molecule has 1 aliphatic heterocycles. The third kappa shape index (κ3) is 4.68. The standard InChI is InChI=1S/C24H21ClF3N3O4/c25-16-7-5-14(6-8-16)22-17-11-15(20-13-34-10-9-30(20)23(32)33)12-18(17)29-31(22)19-3-1-2-4-21(19)35-24(26,27)28/h1-8,15,20H,9-13H2,(H,32,33). The van der Waals surface area contributed by atoms with Crippen molar-refractivity contribution in [3.63, 3.8) is 0 Å². The van der Waals surface area contributed by atoms with Crippen molar-refractivity contribution in [1.29, 1.82) is 0 Å². The first-order chi connectivity index (χ1) is 16.7. The van der Waals surface area contributed by atoms with Crippen LogP contribution in [0.4, 0.5) is 18.0 Å². The number of carboxylic acid groups (broad SMARTS) is 1. The number of benzene rings is 2. The summed E-state index contributed by atoms with van der Waals surface area (Å²) >= 11 is 6.07. The quantitative estimate of drug-likeness (QED) is 0.526. The van der Waals surface area contributed by atoms with Crippen LogP contribution in [0.25, 0.3) is 16.9 Å². The molecule has 7 nitrogen and oxygen atoms in total. The first-order valence-corrected chi connectivity index (χ1v) is 11.4. The third-order valence-electron chi connectivity index (χ3n) is 6.38. The zero-order valence-electron chi connectivity index (χ0n) is 18.3. The van der Waals surface area contributed by atoms with Gasteiger partial charge in [0.15, 0.2) is 5.75 Å². The summed E-state index contributed by atoms with van der Waals surface area (Å²) in [6.07, 6.45) is -4.88. The average molecular weight is 508 g/mol. The second kappa shape index (κ2) is 9.09.